The zero-order chi connectivity index (χ0) is 16.8. The Bertz CT molecular complexity index is 701. The van der Waals surface area contributed by atoms with Gasteiger partial charge in [0.1, 0.15) is 11.9 Å². The Labute approximate surface area is 139 Å². The van der Waals surface area contributed by atoms with Crippen molar-refractivity contribution < 1.29 is 14.3 Å². The minimum atomic E-state index is -0.529. The van der Waals surface area contributed by atoms with E-state index in [1.165, 1.54) is 12.1 Å². The van der Waals surface area contributed by atoms with E-state index in [4.69, 9.17) is 22.1 Å². The molecule has 23 heavy (non-hydrogen) atoms. The van der Waals surface area contributed by atoms with Crippen molar-refractivity contribution in [2.45, 2.75) is 13.0 Å². The number of nitrogens with two attached hydrogens (primary N) is 1. The largest absolute Gasteiger partial charge is 0.487 e. The highest BCUT2D eigenvalue weighted by Crippen LogP contribution is 2.24. The first-order valence-electron chi connectivity index (χ1n) is 7.06. The van der Waals surface area contributed by atoms with Crippen LogP contribution in [-0.2, 0) is 0 Å². The number of carbonyl (C=O) groups is 2. The molecule has 6 heteroatoms. The molecule has 0 aliphatic rings. The fourth-order valence-electron chi connectivity index (χ4n) is 1.92. The maximum Gasteiger partial charge on any atom is 0.251 e. The van der Waals surface area contributed by atoms with Crippen LogP contribution in [0.25, 0.3) is 0 Å². The van der Waals surface area contributed by atoms with Gasteiger partial charge in [-0.1, -0.05) is 23.7 Å². The molecule has 2 aromatic carbocycles. The average Bonchev–Trinajstić information content (AvgIpc) is 2.55. The molecule has 120 valence electrons. The molecule has 0 radical (unpaired) electrons. The first kappa shape index (κ1) is 16.8. The molecule has 0 heterocycles. The molecule has 5 nitrogen and oxygen atoms in total. The third-order valence-electron chi connectivity index (χ3n) is 3.15. The second-order valence-electron chi connectivity index (χ2n) is 5.01. The molecule has 3 N–H and O–H groups in total. The van der Waals surface area contributed by atoms with Crippen molar-refractivity contribution in [1.29, 1.82) is 0 Å². The summed E-state index contributed by atoms with van der Waals surface area (Å²) in [4.78, 5) is 23.0. The number of hydrogen-bond acceptors (Lipinski definition) is 3. The summed E-state index contributed by atoms with van der Waals surface area (Å²) in [5.74, 6) is -0.212. The molecule has 0 bridgehead atoms. The summed E-state index contributed by atoms with van der Waals surface area (Å²) in [7, 11) is 0. The molecular weight excluding hydrogens is 316 g/mol. The predicted octanol–water partition coefficient (Wildman–Crippen LogP) is 2.64. The number of carbonyl (C=O) groups excluding carboxylic acids is 2. The van der Waals surface area contributed by atoms with Crippen LogP contribution in [-0.4, -0.2) is 24.5 Å². The standard InChI is InChI=1S/C17H17ClN2O3/c1-11(23-15-5-3-2-4-14(15)18)10-20-17(22)13-8-6-12(7-9-13)16(19)21/h2-9,11H,10H2,1H3,(H2,19,21)(H,20,22). The molecule has 0 aliphatic heterocycles. The maximum absolute atomic E-state index is 12.0. The van der Waals surface area contributed by atoms with Gasteiger partial charge in [0, 0.05) is 11.1 Å². The van der Waals surface area contributed by atoms with Crippen molar-refractivity contribution in [2.75, 3.05) is 6.54 Å². The third-order valence-corrected chi connectivity index (χ3v) is 3.46. The van der Waals surface area contributed by atoms with Crippen molar-refractivity contribution in [3.05, 3.63) is 64.7 Å². The number of nitrogens with one attached hydrogen (secondary N) is 1. The van der Waals surface area contributed by atoms with Crippen LogP contribution in [0.1, 0.15) is 27.6 Å². The van der Waals surface area contributed by atoms with Crippen molar-refractivity contribution in [3.63, 3.8) is 0 Å². The van der Waals surface area contributed by atoms with Crippen LogP contribution in [0.15, 0.2) is 48.5 Å². The fraction of sp³-hybridized carbons (Fsp3) is 0.176. The normalized spacial score (nSPS) is 11.6. The Kier molecular flexibility index (Phi) is 5.60. The summed E-state index contributed by atoms with van der Waals surface area (Å²) in [6, 6.07) is 13.3. The highest BCUT2D eigenvalue weighted by atomic mass is 35.5. The lowest BCUT2D eigenvalue weighted by atomic mass is 10.1. The Morgan fingerprint density at radius 3 is 2.35 bits per heavy atom. The summed E-state index contributed by atoms with van der Waals surface area (Å²) >= 11 is 6.02. The van der Waals surface area contributed by atoms with Gasteiger partial charge < -0.3 is 15.8 Å². The Hall–Kier alpha value is -2.53. The summed E-state index contributed by atoms with van der Waals surface area (Å²) in [6.45, 7) is 2.15. The van der Waals surface area contributed by atoms with Gasteiger partial charge in [0.25, 0.3) is 5.91 Å². The number of amides is 2. The Morgan fingerprint density at radius 2 is 1.74 bits per heavy atom. The van der Waals surface area contributed by atoms with Gasteiger partial charge in [-0.05, 0) is 43.3 Å². The zero-order valence-corrected chi connectivity index (χ0v) is 13.3. The number of primary amides is 1. The van der Waals surface area contributed by atoms with E-state index in [2.05, 4.69) is 5.32 Å². The number of rotatable bonds is 6. The molecule has 0 aromatic heterocycles. The molecule has 0 spiro atoms. The molecule has 2 amide bonds. The van der Waals surface area contributed by atoms with E-state index in [0.717, 1.165) is 0 Å². The molecule has 0 saturated heterocycles. The molecular formula is C17H17ClN2O3. The summed E-state index contributed by atoms with van der Waals surface area (Å²) in [5.41, 5.74) is 5.96. The summed E-state index contributed by atoms with van der Waals surface area (Å²) in [6.07, 6.45) is -0.247. The van der Waals surface area contributed by atoms with Crippen LogP contribution in [0.4, 0.5) is 0 Å². The van der Waals surface area contributed by atoms with Crippen molar-refractivity contribution >= 4 is 23.4 Å². The minimum Gasteiger partial charge on any atom is -0.487 e. The van der Waals surface area contributed by atoms with Gasteiger partial charge in [0.2, 0.25) is 5.91 Å². The van der Waals surface area contributed by atoms with Gasteiger partial charge in [0.05, 0.1) is 11.6 Å². The highest BCUT2D eigenvalue weighted by Gasteiger charge is 2.11. The number of para-hydroxylation sites is 1. The van der Waals surface area contributed by atoms with Gasteiger partial charge in [-0.15, -0.1) is 0 Å². The average molecular weight is 333 g/mol. The first-order valence-corrected chi connectivity index (χ1v) is 7.44. The molecule has 1 atom stereocenters. The number of ether oxygens (including phenoxy) is 1. The fourth-order valence-corrected chi connectivity index (χ4v) is 2.10. The van der Waals surface area contributed by atoms with Crippen LogP contribution in [0.2, 0.25) is 5.02 Å². The van der Waals surface area contributed by atoms with E-state index in [1.807, 2.05) is 19.1 Å². The summed E-state index contributed by atoms with van der Waals surface area (Å²) in [5, 5.41) is 3.28. The lowest BCUT2D eigenvalue weighted by Crippen LogP contribution is -2.33. The monoisotopic (exact) mass is 332 g/mol. The number of halogens is 1. The van der Waals surface area contributed by atoms with E-state index >= 15 is 0 Å². The van der Waals surface area contributed by atoms with Gasteiger partial charge in [0.15, 0.2) is 0 Å². The van der Waals surface area contributed by atoms with Gasteiger partial charge in [-0.3, -0.25) is 9.59 Å². The quantitative estimate of drug-likeness (QED) is 0.853. The van der Waals surface area contributed by atoms with Gasteiger partial charge in [-0.2, -0.15) is 0 Å². The van der Waals surface area contributed by atoms with E-state index < -0.39 is 5.91 Å². The van der Waals surface area contributed by atoms with E-state index in [-0.39, 0.29) is 12.0 Å². The third kappa shape index (κ3) is 4.72. The number of hydrogen-bond donors (Lipinski definition) is 2. The maximum atomic E-state index is 12.0. The van der Waals surface area contributed by atoms with Gasteiger partial charge in [-0.25, -0.2) is 0 Å². The topological polar surface area (TPSA) is 81.4 Å². The molecule has 0 saturated carbocycles. The lowest BCUT2D eigenvalue weighted by Gasteiger charge is -2.16. The van der Waals surface area contributed by atoms with Crippen molar-refractivity contribution in [1.82, 2.24) is 5.32 Å². The second kappa shape index (κ2) is 7.65. The van der Waals surface area contributed by atoms with Crippen molar-refractivity contribution in [2.24, 2.45) is 5.73 Å². The van der Waals surface area contributed by atoms with Crippen LogP contribution in [0.3, 0.4) is 0 Å². The Morgan fingerprint density at radius 1 is 1.13 bits per heavy atom. The van der Waals surface area contributed by atoms with Crippen LogP contribution in [0, 0.1) is 0 Å². The lowest BCUT2D eigenvalue weighted by molar-refractivity contribution is 0.0930. The molecule has 2 aromatic rings. The predicted molar refractivity (Wildman–Crippen MR) is 88.8 cm³/mol. The van der Waals surface area contributed by atoms with Crippen LogP contribution >= 0.6 is 11.6 Å². The molecule has 0 fully saturated rings. The highest BCUT2D eigenvalue weighted by molar-refractivity contribution is 6.32. The van der Waals surface area contributed by atoms with Crippen LogP contribution < -0.4 is 15.8 Å². The smallest absolute Gasteiger partial charge is 0.251 e. The second-order valence-corrected chi connectivity index (χ2v) is 5.42. The van der Waals surface area contributed by atoms with E-state index in [1.54, 1.807) is 24.3 Å². The molecule has 1 unspecified atom stereocenters. The van der Waals surface area contributed by atoms with E-state index in [9.17, 15) is 9.59 Å². The minimum absolute atomic E-state index is 0.247. The van der Waals surface area contributed by atoms with E-state index in [0.29, 0.717) is 28.4 Å². The van der Waals surface area contributed by atoms with Crippen LogP contribution in [0.5, 0.6) is 5.75 Å². The SMILES string of the molecule is CC(CNC(=O)c1ccc(C(N)=O)cc1)Oc1ccccc1Cl. The Balaban J connectivity index is 1.88. The zero-order valence-electron chi connectivity index (χ0n) is 12.6. The van der Waals surface area contributed by atoms with Crippen molar-refractivity contribution in [3.8, 4) is 5.75 Å². The van der Waals surface area contributed by atoms with Gasteiger partial charge >= 0.3 is 0 Å². The summed E-state index contributed by atoms with van der Waals surface area (Å²) < 4.78 is 5.67. The molecule has 2 rings (SSSR count). The number of benzene rings is 2. The first-order chi connectivity index (χ1) is 11.0. The molecule has 0 aliphatic carbocycles.